The Hall–Kier alpha value is -1.99. The lowest BCUT2D eigenvalue weighted by Gasteiger charge is -2.38. The number of rotatable bonds is 6. The van der Waals surface area contributed by atoms with Gasteiger partial charge in [0.2, 0.25) is 0 Å². The highest BCUT2D eigenvalue weighted by atomic mass is 16.5. The molecule has 1 unspecified atom stereocenters. The molecule has 0 radical (unpaired) electrons. The van der Waals surface area contributed by atoms with Gasteiger partial charge in [-0.2, -0.15) is 0 Å². The zero-order chi connectivity index (χ0) is 20.6. The van der Waals surface area contributed by atoms with E-state index in [1.807, 2.05) is 6.07 Å². The number of nitrogens with zero attached hydrogens (tertiary/aromatic N) is 5. The molecule has 29 heavy (non-hydrogen) atoms. The van der Waals surface area contributed by atoms with E-state index in [-0.39, 0.29) is 0 Å². The van der Waals surface area contributed by atoms with Gasteiger partial charge < -0.3 is 24.8 Å². The van der Waals surface area contributed by atoms with Gasteiger partial charge >= 0.3 is 0 Å². The van der Waals surface area contributed by atoms with Crippen LogP contribution < -0.4 is 15.0 Å². The predicted molar refractivity (Wildman–Crippen MR) is 121 cm³/mol. The maximum atomic E-state index is 5.37. The number of nitrogens with one attached hydrogen (secondary N) is 1. The van der Waals surface area contributed by atoms with Crippen LogP contribution in [0.25, 0.3) is 0 Å². The number of likely N-dealkylation sites (N-methyl/N-ethyl adjacent to an activating group) is 1. The maximum Gasteiger partial charge on any atom is 0.194 e. The van der Waals surface area contributed by atoms with Crippen LogP contribution in [0.4, 0.5) is 5.69 Å². The number of benzene rings is 1. The summed E-state index contributed by atoms with van der Waals surface area (Å²) in [5.74, 6) is 1.97. The molecule has 2 fully saturated rings. The molecule has 0 saturated carbocycles. The number of guanidine groups is 1. The summed E-state index contributed by atoms with van der Waals surface area (Å²) in [6.45, 7) is 14.7. The zero-order valence-electron chi connectivity index (χ0n) is 18.6. The van der Waals surface area contributed by atoms with Crippen molar-refractivity contribution in [3.63, 3.8) is 0 Å². The van der Waals surface area contributed by atoms with Crippen LogP contribution in [0.15, 0.2) is 29.3 Å². The number of methoxy groups -OCH3 is 1. The molecular weight excluding hydrogens is 364 g/mol. The normalized spacial score (nSPS) is 20.6. The summed E-state index contributed by atoms with van der Waals surface area (Å²) in [6, 6.07) is 8.82. The Kier molecular flexibility index (Phi) is 8.00. The highest BCUT2D eigenvalue weighted by Gasteiger charge is 2.22. The molecule has 2 aliphatic heterocycles. The van der Waals surface area contributed by atoms with Crippen LogP contribution in [0.2, 0.25) is 0 Å². The molecule has 1 N–H and O–H groups in total. The van der Waals surface area contributed by atoms with Crippen molar-refractivity contribution in [3.05, 3.63) is 24.3 Å². The lowest BCUT2D eigenvalue weighted by Crippen LogP contribution is -2.53. The largest absolute Gasteiger partial charge is 0.497 e. The van der Waals surface area contributed by atoms with Gasteiger partial charge in [0.05, 0.1) is 13.7 Å². The van der Waals surface area contributed by atoms with Crippen LogP contribution >= 0.6 is 0 Å². The third kappa shape index (κ3) is 6.00. The smallest absolute Gasteiger partial charge is 0.194 e. The van der Waals surface area contributed by atoms with Gasteiger partial charge in [-0.15, -0.1) is 0 Å². The molecule has 2 aliphatic rings. The molecule has 0 aliphatic carbocycles. The maximum absolute atomic E-state index is 5.37. The topological polar surface area (TPSA) is 46.6 Å². The second kappa shape index (κ2) is 10.7. The molecule has 0 spiro atoms. The number of hydrogen-bond donors (Lipinski definition) is 1. The molecule has 0 amide bonds. The molecule has 7 nitrogen and oxygen atoms in total. The number of ether oxygens (including phenoxy) is 1. The minimum absolute atomic E-state index is 0.482. The molecule has 3 rings (SSSR count). The van der Waals surface area contributed by atoms with Crippen LogP contribution in [-0.4, -0.2) is 106 Å². The molecule has 0 bridgehead atoms. The summed E-state index contributed by atoms with van der Waals surface area (Å²) in [5, 5.41) is 3.50. The van der Waals surface area contributed by atoms with E-state index in [0.717, 1.165) is 77.2 Å². The van der Waals surface area contributed by atoms with E-state index in [9.17, 15) is 0 Å². The average molecular weight is 403 g/mol. The number of aliphatic imine (C=N–C) groups is 1. The SMILES string of the molecule is CCNC(=NCC(C)N1CCN(C)CC1)N1CCN(c2cccc(OC)c2)CC1. The fraction of sp³-hybridized carbons (Fsp3) is 0.682. The van der Waals surface area contributed by atoms with Crippen LogP contribution in [0.1, 0.15) is 13.8 Å². The average Bonchev–Trinajstić information content (AvgIpc) is 2.77. The summed E-state index contributed by atoms with van der Waals surface area (Å²) in [5.41, 5.74) is 1.23. The van der Waals surface area contributed by atoms with Gasteiger partial charge in [-0.3, -0.25) is 9.89 Å². The van der Waals surface area contributed by atoms with Gasteiger partial charge in [-0.25, -0.2) is 0 Å². The molecule has 1 aromatic carbocycles. The molecule has 0 aromatic heterocycles. The van der Waals surface area contributed by atoms with Gasteiger partial charge in [-0.1, -0.05) is 6.07 Å². The van der Waals surface area contributed by atoms with E-state index in [4.69, 9.17) is 9.73 Å². The van der Waals surface area contributed by atoms with Crippen molar-refractivity contribution in [2.75, 3.05) is 84.5 Å². The molecule has 7 heteroatoms. The van der Waals surface area contributed by atoms with E-state index < -0.39 is 0 Å². The van der Waals surface area contributed by atoms with Crippen LogP contribution in [-0.2, 0) is 0 Å². The minimum Gasteiger partial charge on any atom is -0.497 e. The fourth-order valence-electron chi connectivity index (χ4n) is 4.01. The first-order valence-corrected chi connectivity index (χ1v) is 11.0. The van der Waals surface area contributed by atoms with Crippen molar-refractivity contribution in [2.24, 2.45) is 4.99 Å². The Labute approximate surface area is 176 Å². The van der Waals surface area contributed by atoms with Crippen molar-refractivity contribution in [2.45, 2.75) is 19.9 Å². The second-order valence-electron chi connectivity index (χ2n) is 8.06. The molecule has 162 valence electrons. The lowest BCUT2D eigenvalue weighted by molar-refractivity contribution is 0.122. The van der Waals surface area contributed by atoms with Gasteiger partial charge in [0.25, 0.3) is 0 Å². The Balaban J connectivity index is 1.55. The highest BCUT2D eigenvalue weighted by Crippen LogP contribution is 2.22. The van der Waals surface area contributed by atoms with Gasteiger partial charge in [0.1, 0.15) is 5.75 Å². The third-order valence-corrected chi connectivity index (χ3v) is 6.00. The van der Waals surface area contributed by atoms with Crippen LogP contribution in [0.5, 0.6) is 5.75 Å². The third-order valence-electron chi connectivity index (χ3n) is 6.00. The van der Waals surface area contributed by atoms with Crippen molar-refractivity contribution in [1.29, 1.82) is 0 Å². The monoisotopic (exact) mass is 402 g/mol. The highest BCUT2D eigenvalue weighted by molar-refractivity contribution is 5.80. The molecule has 2 saturated heterocycles. The molecule has 1 atom stereocenters. The number of anilines is 1. The van der Waals surface area contributed by atoms with Gasteiger partial charge in [0.15, 0.2) is 5.96 Å². The van der Waals surface area contributed by atoms with E-state index >= 15 is 0 Å². The predicted octanol–water partition coefficient (Wildman–Crippen LogP) is 1.42. The van der Waals surface area contributed by atoms with Crippen molar-refractivity contribution in [1.82, 2.24) is 20.0 Å². The first-order chi connectivity index (χ1) is 14.1. The summed E-state index contributed by atoms with van der Waals surface area (Å²) in [4.78, 5) is 14.8. The fourth-order valence-corrected chi connectivity index (χ4v) is 4.01. The minimum atomic E-state index is 0.482. The zero-order valence-corrected chi connectivity index (χ0v) is 18.6. The van der Waals surface area contributed by atoms with Crippen LogP contribution in [0.3, 0.4) is 0 Å². The van der Waals surface area contributed by atoms with Crippen molar-refractivity contribution < 1.29 is 4.74 Å². The standard InChI is InChI=1S/C22H38N6O/c1-5-23-22(24-18-19(2)26-11-9-25(3)10-12-26)28-15-13-27(14-16-28)20-7-6-8-21(17-20)29-4/h6-8,17,19H,5,9-16,18H2,1-4H3,(H,23,24). The van der Waals surface area contributed by atoms with E-state index in [0.29, 0.717) is 6.04 Å². The van der Waals surface area contributed by atoms with Crippen LogP contribution in [0, 0.1) is 0 Å². The summed E-state index contributed by atoms with van der Waals surface area (Å²) >= 11 is 0. The van der Waals surface area contributed by atoms with E-state index in [2.05, 4.69) is 64.0 Å². The Morgan fingerprint density at radius 1 is 1.10 bits per heavy atom. The van der Waals surface area contributed by atoms with Gasteiger partial charge in [0, 0.05) is 76.7 Å². The second-order valence-corrected chi connectivity index (χ2v) is 8.06. The molecular formula is C22H38N6O. The Morgan fingerprint density at radius 2 is 1.83 bits per heavy atom. The Bertz CT molecular complexity index is 650. The number of piperazine rings is 2. The number of hydrogen-bond acceptors (Lipinski definition) is 5. The quantitative estimate of drug-likeness (QED) is 0.574. The molecule has 2 heterocycles. The van der Waals surface area contributed by atoms with Crippen molar-refractivity contribution >= 4 is 11.6 Å². The van der Waals surface area contributed by atoms with Crippen molar-refractivity contribution in [3.8, 4) is 5.75 Å². The first kappa shape index (κ1) is 21.7. The summed E-state index contributed by atoms with van der Waals surface area (Å²) < 4.78 is 5.37. The summed E-state index contributed by atoms with van der Waals surface area (Å²) in [6.07, 6.45) is 0. The van der Waals surface area contributed by atoms with E-state index in [1.165, 1.54) is 5.69 Å². The lowest BCUT2D eigenvalue weighted by atomic mass is 10.2. The molecule has 1 aromatic rings. The Morgan fingerprint density at radius 3 is 2.48 bits per heavy atom. The van der Waals surface area contributed by atoms with Gasteiger partial charge in [-0.05, 0) is 33.0 Å². The van der Waals surface area contributed by atoms with E-state index in [1.54, 1.807) is 7.11 Å². The summed E-state index contributed by atoms with van der Waals surface area (Å²) in [7, 11) is 3.92. The first-order valence-electron chi connectivity index (χ1n) is 11.0.